The number of nitrogens with zero attached hydrogens (tertiary/aromatic N) is 4. The lowest BCUT2D eigenvalue weighted by Gasteiger charge is -2.13. The number of ether oxygens (including phenoxy) is 2. The van der Waals surface area contributed by atoms with E-state index in [9.17, 15) is 0 Å². The molecule has 9 nitrogen and oxygen atoms in total. The molecule has 2 heterocycles. The Bertz CT molecular complexity index is 1080. The Morgan fingerprint density at radius 2 is 1.62 bits per heavy atom. The number of para-hydroxylation sites is 2. The molecule has 0 bridgehead atoms. The van der Waals surface area contributed by atoms with Crippen LogP contribution in [0.25, 0.3) is 11.0 Å². The molecule has 3 N–H and O–H groups in total. The van der Waals surface area contributed by atoms with Gasteiger partial charge in [-0.05, 0) is 38.1 Å². The summed E-state index contributed by atoms with van der Waals surface area (Å²) in [6, 6.07) is 13.3. The van der Waals surface area contributed by atoms with Crippen LogP contribution in [0, 0.1) is 0 Å². The largest absolute Gasteiger partial charge is 0.490 e. The Labute approximate surface area is 167 Å². The molecule has 0 spiro atoms. The van der Waals surface area contributed by atoms with E-state index in [0.717, 1.165) is 16.7 Å². The first-order valence-corrected chi connectivity index (χ1v) is 9.32. The fraction of sp³-hybridized carbons (Fsp3) is 0.200. The van der Waals surface area contributed by atoms with Crippen molar-refractivity contribution in [1.29, 1.82) is 0 Å². The minimum atomic E-state index is 0.373. The van der Waals surface area contributed by atoms with E-state index in [2.05, 4.69) is 35.6 Å². The molecule has 29 heavy (non-hydrogen) atoms. The zero-order valence-corrected chi connectivity index (χ0v) is 16.1. The maximum absolute atomic E-state index is 5.66. The summed E-state index contributed by atoms with van der Waals surface area (Å²) >= 11 is 0. The van der Waals surface area contributed by atoms with Crippen molar-refractivity contribution in [1.82, 2.24) is 24.9 Å². The van der Waals surface area contributed by atoms with Gasteiger partial charge in [-0.2, -0.15) is 4.98 Å². The quantitative estimate of drug-likeness (QED) is 0.413. The first-order chi connectivity index (χ1) is 14.2. The number of benzene rings is 2. The molecule has 4 aromatic rings. The Hall–Kier alpha value is -3.88. The zero-order valence-electron chi connectivity index (χ0n) is 16.1. The number of hydrogen-bond acceptors (Lipinski definition) is 8. The van der Waals surface area contributed by atoms with Gasteiger partial charge in [-0.1, -0.05) is 12.1 Å². The van der Waals surface area contributed by atoms with Crippen LogP contribution in [-0.4, -0.2) is 38.1 Å². The molecule has 0 amide bonds. The summed E-state index contributed by atoms with van der Waals surface area (Å²) in [6.07, 6.45) is 1.43. The maximum Gasteiger partial charge on any atom is 0.234 e. The van der Waals surface area contributed by atoms with Gasteiger partial charge in [0.1, 0.15) is 6.33 Å². The molecule has 2 aromatic heterocycles. The highest BCUT2D eigenvalue weighted by atomic mass is 16.5. The number of anilines is 4. The number of imidazole rings is 1. The summed E-state index contributed by atoms with van der Waals surface area (Å²) in [5, 5.41) is 6.22. The van der Waals surface area contributed by atoms with E-state index in [1.807, 2.05) is 56.3 Å². The van der Waals surface area contributed by atoms with Gasteiger partial charge in [0.15, 0.2) is 11.5 Å². The van der Waals surface area contributed by atoms with E-state index in [-0.39, 0.29) is 0 Å². The van der Waals surface area contributed by atoms with E-state index in [0.29, 0.717) is 42.6 Å². The monoisotopic (exact) mass is 391 g/mol. The van der Waals surface area contributed by atoms with Gasteiger partial charge in [-0.15, -0.1) is 0 Å². The third kappa shape index (κ3) is 4.34. The van der Waals surface area contributed by atoms with Crippen LogP contribution in [0.2, 0.25) is 0 Å². The fourth-order valence-electron chi connectivity index (χ4n) is 2.79. The average Bonchev–Trinajstić information content (AvgIpc) is 3.13. The van der Waals surface area contributed by atoms with Crippen molar-refractivity contribution in [2.75, 3.05) is 23.8 Å². The summed E-state index contributed by atoms with van der Waals surface area (Å²) in [7, 11) is 0. The number of aromatic nitrogens is 5. The normalized spacial score (nSPS) is 10.7. The van der Waals surface area contributed by atoms with E-state index < -0.39 is 0 Å². The highest BCUT2D eigenvalue weighted by Crippen LogP contribution is 2.31. The van der Waals surface area contributed by atoms with Gasteiger partial charge in [-0.3, -0.25) is 5.32 Å². The topological polar surface area (TPSA) is 110 Å². The lowest BCUT2D eigenvalue weighted by atomic mass is 10.2. The highest BCUT2D eigenvalue weighted by molar-refractivity contribution is 5.77. The predicted octanol–water partition coefficient (Wildman–Crippen LogP) is 4.03. The molecule has 0 unspecified atom stereocenters. The number of fused-ring (bicyclic) bond motifs is 1. The van der Waals surface area contributed by atoms with Gasteiger partial charge < -0.3 is 19.8 Å². The van der Waals surface area contributed by atoms with Crippen LogP contribution in [-0.2, 0) is 0 Å². The molecule has 0 radical (unpaired) electrons. The van der Waals surface area contributed by atoms with Crippen LogP contribution >= 0.6 is 0 Å². The third-order valence-corrected chi connectivity index (χ3v) is 3.99. The summed E-state index contributed by atoms with van der Waals surface area (Å²) in [6.45, 7) is 4.97. The molecule has 9 heteroatoms. The van der Waals surface area contributed by atoms with Crippen molar-refractivity contribution < 1.29 is 9.47 Å². The van der Waals surface area contributed by atoms with Crippen LogP contribution in [0.1, 0.15) is 13.8 Å². The Balaban J connectivity index is 1.52. The SMILES string of the molecule is CCOc1ccc(Nc2ncnc(Nc3nc4ccccc4[nH]3)n2)cc1OCC. The number of H-pyrrole nitrogens is 1. The zero-order chi connectivity index (χ0) is 20.1. The second-order valence-corrected chi connectivity index (χ2v) is 6.01. The lowest BCUT2D eigenvalue weighted by molar-refractivity contribution is 0.288. The average molecular weight is 391 g/mol. The van der Waals surface area contributed by atoms with Crippen molar-refractivity contribution in [3.8, 4) is 11.5 Å². The molecule has 0 saturated heterocycles. The summed E-state index contributed by atoms with van der Waals surface area (Å²) in [4.78, 5) is 20.4. The second-order valence-electron chi connectivity index (χ2n) is 6.01. The maximum atomic E-state index is 5.66. The van der Waals surface area contributed by atoms with E-state index >= 15 is 0 Å². The van der Waals surface area contributed by atoms with Gasteiger partial charge in [0.2, 0.25) is 17.8 Å². The molecule has 0 atom stereocenters. The Kier molecular flexibility index (Phi) is 5.37. The summed E-state index contributed by atoms with van der Waals surface area (Å²) in [5.41, 5.74) is 2.57. The molecule has 0 fully saturated rings. The number of rotatable bonds is 8. The molecule has 0 aliphatic carbocycles. The summed E-state index contributed by atoms with van der Waals surface area (Å²) < 4.78 is 11.2. The summed E-state index contributed by atoms with van der Waals surface area (Å²) in [5.74, 6) is 2.68. The molecule has 148 valence electrons. The first kappa shape index (κ1) is 18.5. The van der Waals surface area contributed by atoms with E-state index in [1.54, 1.807) is 0 Å². The van der Waals surface area contributed by atoms with E-state index in [4.69, 9.17) is 9.47 Å². The fourth-order valence-corrected chi connectivity index (χ4v) is 2.79. The third-order valence-electron chi connectivity index (χ3n) is 3.99. The standard InChI is InChI=1S/C20H21N7O2/c1-3-28-16-10-9-13(11-17(16)29-4-2)23-18-21-12-22-19(26-18)27-20-24-14-7-5-6-8-15(14)25-20/h5-12H,3-4H2,1-2H3,(H3,21,22,23,24,25,26,27). The van der Waals surface area contributed by atoms with Crippen LogP contribution < -0.4 is 20.1 Å². The van der Waals surface area contributed by atoms with Gasteiger partial charge in [0.05, 0.1) is 24.2 Å². The van der Waals surface area contributed by atoms with Crippen LogP contribution in [0.5, 0.6) is 11.5 Å². The van der Waals surface area contributed by atoms with E-state index in [1.165, 1.54) is 6.33 Å². The second kappa shape index (κ2) is 8.42. The predicted molar refractivity (Wildman–Crippen MR) is 111 cm³/mol. The molecule has 0 saturated carbocycles. The smallest absolute Gasteiger partial charge is 0.234 e. The van der Waals surface area contributed by atoms with Crippen LogP contribution in [0.3, 0.4) is 0 Å². The minimum absolute atomic E-state index is 0.373. The Morgan fingerprint density at radius 3 is 2.41 bits per heavy atom. The molecule has 4 rings (SSSR count). The van der Waals surface area contributed by atoms with Gasteiger partial charge in [0.25, 0.3) is 0 Å². The molecular weight excluding hydrogens is 370 g/mol. The van der Waals surface area contributed by atoms with Crippen molar-refractivity contribution in [2.24, 2.45) is 0 Å². The molecule has 2 aromatic carbocycles. The van der Waals surface area contributed by atoms with Gasteiger partial charge in [0, 0.05) is 11.8 Å². The van der Waals surface area contributed by atoms with Crippen molar-refractivity contribution in [2.45, 2.75) is 13.8 Å². The number of aromatic amines is 1. The number of nitrogens with one attached hydrogen (secondary N) is 3. The van der Waals surface area contributed by atoms with Crippen LogP contribution in [0.4, 0.5) is 23.5 Å². The minimum Gasteiger partial charge on any atom is -0.490 e. The molecule has 0 aliphatic heterocycles. The molecule has 0 aliphatic rings. The van der Waals surface area contributed by atoms with Gasteiger partial charge >= 0.3 is 0 Å². The van der Waals surface area contributed by atoms with Crippen molar-refractivity contribution in [3.63, 3.8) is 0 Å². The number of hydrogen-bond donors (Lipinski definition) is 3. The van der Waals surface area contributed by atoms with Crippen molar-refractivity contribution >= 4 is 34.6 Å². The first-order valence-electron chi connectivity index (χ1n) is 9.32. The van der Waals surface area contributed by atoms with Crippen molar-refractivity contribution in [3.05, 3.63) is 48.8 Å². The Morgan fingerprint density at radius 1 is 0.862 bits per heavy atom. The highest BCUT2D eigenvalue weighted by Gasteiger charge is 2.09. The lowest BCUT2D eigenvalue weighted by Crippen LogP contribution is -2.04. The van der Waals surface area contributed by atoms with Gasteiger partial charge in [-0.25, -0.2) is 15.0 Å². The van der Waals surface area contributed by atoms with Crippen LogP contribution in [0.15, 0.2) is 48.8 Å². The molecular formula is C20H21N7O2.